The number of carboxylic acids is 1. The smallest absolute Gasteiger partial charge is 0.359 e. The molecule has 1 heterocycles. The summed E-state index contributed by atoms with van der Waals surface area (Å²) < 4.78 is 0.518. The predicted molar refractivity (Wildman–Crippen MR) is 89.1 cm³/mol. The van der Waals surface area contributed by atoms with E-state index in [4.69, 9.17) is 5.11 Å². The third-order valence-electron chi connectivity index (χ3n) is 4.56. The molecule has 1 rings (SSSR count). The summed E-state index contributed by atoms with van der Waals surface area (Å²) in [6, 6.07) is 0. The summed E-state index contributed by atoms with van der Waals surface area (Å²) in [5.41, 5.74) is 0. The molecular formula is C17H33N2O3+. The molecular weight excluding hydrogens is 280 g/mol. The zero-order valence-corrected chi connectivity index (χ0v) is 14.1. The van der Waals surface area contributed by atoms with Crippen LogP contribution in [0.25, 0.3) is 0 Å². The molecule has 1 aliphatic rings. The molecule has 1 atom stereocenters. The fourth-order valence-electron chi connectivity index (χ4n) is 3.30. The number of rotatable bonds is 13. The van der Waals surface area contributed by atoms with Crippen molar-refractivity contribution in [2.45, 2.75) is 64.7 Å². The van der Waals surface area contributed by atoms with E-state index < -0.39 is 5.97 Å². The van der Waals surface area contributed by atoms with Gasteiger partial charge in [-0.2, -0.15) is 0 Å². The molecule has 0 aromatic heterocycles. The highest BCUT2D eigenvalue weighted by atomic mass is 16.4. The van der Waals surface area contributed by atoms with Crippen LogP contribution in [0.1, 0.15) is 64.7 Å². The molecule has 1 unspecified atom stereocenters. The van der Waals surface area contributed by atoms with E-state index in [1.54, 1.807) is 0 Å². The number of unbranched alkanes of at least 4 members (excludes halogenated alkanes) is 6. The number of carbonyl (C=O) groups is 1. The Morgan fingerprint density at radius 2 is 1.86 bits per heavy atom. The van der Waals surface area contributed by atoms with Gasteiger partial charge in [-0.25, -0.2) is 9.79 Å². The van der Waals surface area contributed by atoms with Gasteiger partial charge in [0.05, 0.1) is 13.1 Å². The number of quaternary nitrogens is 1. The van der Waals surface area contributed by atoms with E-state index in [2.05, 4.69) is 11.9 Å². The van der Waals surface area contributed by atoms with Crippen LogP contribution in [0.5, 0.6) is 0 Å². The first-order chi connectivity index (χ1) is 10.6. The number of hydrogen-bond donors (Lipinski definition) is 2. The maximum absolute atomic E-state index is 11.3. The molecule has 5 nitrogen and oxygen atoms in total. The zero-order valence-electron chi connectivity index (χ0n) is 14.1. The Bertz CT molecular complexity index is 358. The minimum Gasteiger partial charge on any atom is -0.477 e. The van der Waals surface area contributed by atoms with E-state index in [0.29, 0.717) is 4.48 Å². The lowest BCUT2D eigenvalue weighted by molar-refractivity contribution is -0.829. The Hall–Kier alpha value is -0.940. The Morgan fingerprint density at radius 3 is 2.55 bits per heavy atom. The minimum atomic E-state index is -0.749. The Morgan fingerprint density at radius 1 is 1.14 bits per heavy atom. The third kappa shape index (κ3) is 6.44. The monoisotopic (exact) mass is 313 g/mol. The SMILES string of the molecule is CCCCCCCCC1=NCC[N+]1(CCCCO)CC(=O)O. The first-order valence-electron chi connectivity index (χ1n) is 8.87. The second-order valence-corrected chi connectivity index (χ2v) is 6.39. The zero-order chi connectivity index (χ0) is 16.3. The van der Waals surface area contributed by atoms with Crippen molar-refractivity contribution in [2.75, 3.05) is 32.8 Å². The second kappa shape index (κ2) is 10.7. The van der Waals surface area contributed by atoms with Crippen molar-refractivity contribution in [3.05, 3.63) is 0 Å². The Labute approximate surface area is 134 Å². The van der Waals surface area contributed by atoms with Crippen molar-refractivity contribution < 1.29 is 19.5 Å². The highest BCUT2D eigenvalue weighted by Gasteiger charge is 2.39. The molecule has 0 amide bonds. The Balaban J connectivity index is 2.47. The molecule has 0 fully saturated rings. The van der Waals surface area contributed by atoms with Crippen molar-refractivity contribution in [3.8, 4) is 0 Å². The number of aliphatic carboxylic acids is 1. The topological polar surface area (TPSA) is 69.9 Å². The van der Waals surface area contributed by atoms with Gasteiger partial charge >= 0.3 is 5.97 Å². The highest BCUT2D eigenvalue weighted by molar-refractivity contribution is 5.80. The first-order valence-corrected chi connectivity index (χ1v) is 8.87. The quantitative estimate of drug-likeness (QED) is 0.406. The molecule has 1 aliphatic heterocycles. The van der Waals surface area contributed by atoms with Crippen LogP contribution < -0.4 is 0 Å². The average molecular weight is 313 g/mol. The highest BCUT2D eigenvalue weighted by Crippen LogP contribution is 2.21. The van der Waals surface area contributed by atoms with E-state index in [9.17, 15) is 9.90 Å². The predicted octanol–water partition coefficient (Wildman–Crippen LogP) is 2.82. The molecule has 0 bridgehead atoms. The second-order valence-electron chi connectivity index (χ2n) is 6.39. The van der Waals surface area contributed by atoms with Gasteiger partial charge in [-0.1, -0.05) is 39.0 Å². The van der Waals surface area contributed by atoms with E-state index >= 15 is 0 Å². The molecule has 5 heteroatoms. The van der Waals surface area contributed by atoms with Crippen molar-refractivity contribution in [1.29, 1.82) is 0 Å². The van der Waals surface area contributed by atoms with Gasteiger partial charge in [0.1, 0.15) is 6.54 Å². The lowest BCUT2D eigenvalue weighted by atomic mass is 10.1. The van der Waals surface area contributed by atoms with Crippen LogP contribution in [0, 0.1) is 0 Å². The Kier molecular flexibility index (Phi) is 9.32. The molecule has 128 valence electrons. The van der Waals surface area contributed by atoms with Crippen molar-refractivity contribution in [2.24, 2.45) is 4.99 Å². The van der Waals surface area contributed by atoms with Crippen LogP contribution in [-0.2, 0) is 4.79 Å². The number of aliphatic hydroxyl groups is 1. The van der Waals surface area contributed by atoms with Crippen LogP contribution in [0.2, 0.25) is 0 Å². The van der Waals surface area contributed by atoms with Crippen LogP contribution in [0.15, 0.2) is 4.99 Å². The molecule has 0 saturated heterocycles. The van der Waals surface area contributed by atoms with Gasteiger partial charge in [0.25, 0.3) is 0 Å². The molecule has 0 saturated carbocycles. The van der Waals surface area contributed by atoms with Gasteiger partial charge in [0.2, 0.25) is 0 Å². The van der Waals surface area contributed by atoms with E-state index in [1.807, 2.05) is 0 Å². The van der Waals surface area contributed by atoms with Gasteiger partial charge < -0.3 is 10.2 Å². The molecule has 22 heavy (non-hydrogen) atoms. The van der Waals surface area contributed by atoms with Crippen LogP contribution in [-0.4, -0.2) is 59.3 Å². The minimum absolute atomic E-state index is 0.139. The van der Waals surface area contributed by atoms with Crippen LogP contribution in [0.4, 0.5) is 0 Å². The van der Waals surface area contributed by atoms with Gasteiger partial charge in [-0.3, -0.25) is 4.48 Å². The molecule has 0 radical (unpaired) electrons. The molecule has 0 spiro atoms. The summed E-state index contributed by atoms with van der Waals surface area (Å²) in [7, 11) is 0. The van der Waals surface area contributed by atoms with Gasteiger partial charge in [-0.15, -0.1) is 0 Å². The summed E-state index contributed by atoms with van der Waals surface area (Å²) in [6.07, 6.45) is 9.99. The average Bonchev–Trinajstić information content (AvgIpc) is 2.85. The van der Waals surface area contributed by atoms with E-state index in [0.717, 1.165) is 51.2 Å². The van der Waals surface area contributed by atoms with Gasteiger partial charge in [0.15, 0.2) is 12.4 Å². The van der Waals surface area contributed by atoms with E-state index in [1.165, 1.54) is 32.1 Å². The maximum Gasteiger partial charge on any atom is 0.359 e. The summed E-state index contributed by atoms with van der Waals surface area (Å²) in [5.74, 6) is 0.331. The summed E-state index contributed by atoms with van der Waals surface area (Å²) in [6.45, 7) is 4.89. The lowest BCUT2D eigenvalue weighted by Gasteiger charge is -2.33. The normalized spacial score (nSPS) is 21.1. The molecule has 0 aromatic rings. The fourth-order valence-corrected chi connectivity index (χ4v) is 3.30. The number of amidine groups is 1. The lowest BCUT2D eigenvalue weighted by Crippen LogP contribution is -2.54. The van der Waals surface area contributed by atoms with Gasteiger partial charge in [-0.05, 0) is 19.3 Å². The number of nitrogens with zero attached hydrogens (tertiary/aromatic N) is 2. The number of carboxylic acid groups (broad SMARTS) is 1. The first kappa shape index (κ1) is 19.1. The molecule has 2 N–H and O–H groups in total. The number of aliphatic imine (C=N–C) groups is 1. The van der Waals surface area contributed by atoms with Gasteiger partial charge in [0, 0.05) is 13.0 Å². The summed E-state index contributed by atoms with van der Waals surface area (Å²) in [5, 5.41) is 18.2. The van der Waals surface area contributed by atoms with E-state index in [-0.39, 0.29) is 13.2 Å². The number of hydrogen-bond acceptors (Lipinski definition) is 3. The fraction of sp³-hybridized carbons (Fsp3) is 0.882. The van der Waals surface area contributed by atoms with Crippen molar-refractivity contribution in [1.82, 2.24) is 0 Å². The van der Waals surface area contributed by atoms with Crippen molar-refractivity contribution >= 4 is 11.8 Å². The summed E-state index contributed by atoms with van der Waals surface area (Å²) in [4.78, 5) is 15.9. The van der Waals surface area contributed by atoms with Crippen LogP contribution in [0.3, 0.4) is 0 Å². The van der Waals surface area contributed by atoms with Crippen LogP contribution >= 0.6 is 0 Å². The van der Waals surface area contributed by atoms with Crippen molar-refractivity contribution in [3.63, 3.8) is 0 Å². The number of aliphatic hydroxyl groups excluding tert-OH is 1. The third-order valence-corrected chi connectivity index (χ3v) is 4.56. The summed E-state index contributed by atoms with van der Waals surface area (Å²) >= 11 is 0. The molecule has 0 aliphatic carbocycles. The molecule has 0 aromatic carbocycles. The standard InChI is InChI=1S/C17H32N2O3/c1-2-3-4-5-6-7-10-16-18-11-13-19(16,15-17(21)22)12-8-9-14-20/h20H,2-15H2,1H3/p+1. The largest absolute Gasteiger partial charge is 0.477 e. The maximum atomic E-state index is 11.3.